The number of aliphatic carboxylic acids is 2. The second-order valence-electron chi connectivity index (χ2n) is 9.70. The smallest absolute Gasteiger partial charge is 0.332 e. The van der Waals surface area contributed by atoms with E-state index in [1.807, 2.05) is 0 Å². The van der Waals surface area contributed by atoms with Gasteiger partial charge in [0.25, 0.3) is 0 Å². The van der Waals surface area contributed by atoms with Gasteiger partial charge < -0.3 is 19.7 Å². The summed E-state index contributed by atoms with van der Waals surface area (Å²) in [4.78, 5) is 24.0. The number of rotatable bonds is 7. The molecule has 0 radical (unpaired) electrons. The highest BCUT2D eigenvalue weighted by molar-refractivity contribution is 6.74. The van der Waals surface area contributed by atoms with Gasteiger partial charge in [0.05, 0.1) is 11.1 Å². The fraction of sp³-hybridized carbons (Fsp3) is 0.565. The van der Waals surface area contributed by atoms with E-state index in [2.05, 4.69) is 33.9 Å². The minimum Gasteiger partial charge on any atom is -0.508 e. The first-order chi connectivity index (χ1) is 13.8. The number of benzene rings is 1. The maximum absolute atomic E-state index is 12.0. The van der Waals surface area contributed by atoms with Crippen molar-refractivity contribution < 1.29 is 29.3 Å². The molecule has 0 saturated heterocycles. The number of hydrogen-bond donors (Lipinski definition) is 3. The van der Waals surface area contributed by atoms with Gasteiger partial charge in [-0.3, -0.25) is 0 Å². The van der Waals surface area contributed by atoms with Gasteiger partial charge in [0.15, 0.2) is 8.32 Å². The zero-order valence-corrected chi connectivity index (χ0v) is 19.6. The molecule has 1 fully saturated rings. The van der Waals surface area contributed by atoms with E-state index < -0.39 is 20.3 Å². The Bertz CT molecular complexity index is 796. The molecule has 3 N–H and O–H groups in total. The standard InChI is InChI=1S/C23H34O6Si/c1-23(2,3)30(4,5)29-18-12-8-16(9-13-18)20(22(27)28)19(21(25)26)14-15-6-10-17(24)11-7-15/h6-7,10-11,16,18,24H,8-9,12-14H2,1-5H3,(H,25,26)(H,27,28). The highest BCUT2D eigenvalue weighted by Crippen LogP contribution is 2.41. The van der Waals surface area contributed by atoms with Gasteiger partial charge in [-0.1, -0.05) is 32.9 Å². The summed E-state index contributed by atoms with van der Waals surface area (Å²) >= 11 is 0. The molecule has 0 atom stereocenters. The lowest BCUT2D eigenvalue weighted by atomic mass is 9.79. The molecule has 0 aromatic heterocycles. The van der Waals surface area contributed by atoms with Gasteiger partial charge >= 0.3 is 11.9 Å². The van der Waals surface area contributed by atoms with E-state index in [1.54, 1.807) is 12.1 Å². The van der Waals surface area contributed by atoms with Crippen LogP contribution in [-0.2, 0) is 20.4 Å². The number of aromatic hydroxyl groups is 1. The molecule has 0 unspecified atom stereocenters. The predicted molar refractivity (Wildman–Crippen MR) is 118 cm³/mol. The summed E-state index contributed by atoms with van der Waals surface area (Å²) in [5.74, 6) is -2.59. The van der Waals surface area contributed by atoms with Crippen LogP contribution in [0.15, 0.2) is 35.4 Å². The Balaban J connectivity index is 2.20. The third-order valence-electron chi connectivity index (χ3n) is 6.48. The monoisotopic (exact) mass is 434 g/mol. The van der Waals surface area contributed by atoms with Crippen LogP contribution in [0.4, 0.5) is 0 Å². The third-order valence-corrected chi connectivity index (χ3v) is 11.0. The molecule has 6 nitrogen and oxygen atoms in total. The molecular weight excluding hydrogens is 400 g/mol. The number of carboxylic acids is 2. The fourth-order valence-corrected chi connectivity index (χ4v) is 5.14. The van der Waals surface area contributed by atoms with Crippen molar-refractivity contribution in [2.45, 2.75) is 77.1 Å². The van der Waals surface area contributed by atoms with Crippen molar-refractivity contribution in [3.63, 3.8) is 0 Å². The van der Waals surface area contributed by atoms with Crippen LogP contribution in [0.1, 0.15) is 52.0 Å². The van der Waals surface area contributed by atoms with Crippen LogP contribution in [0.5, 0.6) is 5.75 Å². The minimum atomic E-state index is -1.90. The van der Waals surface area contributed by atoms with Crippen LogP contribution in [-0.4, -0.2) is 41.7 Å². The Morgan fingerprint density at radius 3 is 1.97 bits per heavy atom. The van der Waals surface area contributed by atoms with Gasteiger partial charge in [0.1, 0.15) is 5.75 Å². The van der Waals surface area contributed by atoms with Gasteiger partial charge in [0.2, 0.25) is 0 Å². The van der Waals surface area contributed by atoms with E-state index in [9.17, 15) is 24.9 Å². The molecule has 1 aliphatic rings. The molecule has 0 heterocycles. The van der Waals surface area contributed by atoms with Crippen molar-refractivity contribution in [2.24, 2.45) is 5.92 Å². The van der Waals surface area contributed by atoms with Gasteiger partial charge in [-0.05, 0) is 67.4 Å². The van der Waals surface area contributed by atoms with Gasteiger partial charge in [-0.25, -0.2) is 9.59 Å². The number of carboxylic acid groups (broad SMARTS) is 2. The van der Waals surface area contributed by atoms with Crippen molar-refractivity contribution in [2.75, 3.05) is 0 Å². The lowest BCUT2D eigenvalue weighted by molar-refractivity contribution is -0.136. The largest absolute Gasteiger partial charge is 0.508 e. The Morgan fingerprint density at radius 1 is 1.00 bits per heavy atom. The third kappa shape index (κ3) is 5.95. The fourth-order valence-electron chi connectivity index (χ4n) is 3.72. The van der Waals surface area contributed by atoms with Crippen LogP contribution in [0.2, 0.25) is 18.1 Å². The van der Waals surface area contributed by atoms with Crippen LogP contribution in [0, 0.1) is 5.92 Å². The van der Waals surface area contributed by atoms with Gasteiger partial charge in [-0.2, -0.15) is 0 Å². The summed E-state index contributed by atoms with van der Waals surface area (Å²) in [6, 6.07) is 6.17. The zero-order chi connectivity index (χ0) is 22.7. The molecule has 2 rings (SSSR count). The maximum atomic E-state index is 12.0. The van der Waals surface area contributed by atoms with E-state index >= 15 is 0 Å². The van der Waals surface area contributed by atoms with Crippen LogP contribution >= 0.6 is 0 Å². The highest BCUT2D eigenvalue weighted by Gasteiger charge is 2.40. The van der Waals surface area contributed by atoms with Crippen LogP contribution in [0.3, 0.4) is 0 Å². The molecule has 1 saturated carbocycles. The molecule has 1 aliphatic carbocycles. The molecule has 0 spiro atoms. The minimum absolute atomic E-state index is 0.00125. The molecule has 0 aliphatic heterocycles. The van der Waals surface area contributed by atoms with Crippen LogP contribution in [0.25, 0.3) is 0 Å². The second kappa shape index (κ2) is 9.35. The predicted octanol–water partition coefficient (Wildman–Crippen LogP) is 4.98. The van der Waals surface area contributed by atoms with Crippen molar-refractivity contribution in [3.05, 3.63) is 41.0 Å². The Hall–Kier alpha value is -2.12. The average Bonchev–Trinajstić information content (AvgIpc) is 2.62. The molecule has 0 amide bonds. The highest BCUT2D eigenvalue weighted by atomic mass is 28.4. The van der Waals surface area contributed by atoms with Crippen molar-refractivity contribution in [3.8, 4) is 5.75 Å². The first kappa shape index (κ1) is 24.1. The lowest BCUT2D eigenvalue weighted by Gasteiger charge is -2.41. The quantitative estimate of drug-likeness (QED) is 0.413. The van der Waals surface area contributed by atoms with E-state index in [0.29, 0.717) is 18.4 Å². The van der Waals surface area contributed by atoms with E-state index in [1.165, 1.54) is 12.1 Å². The van der Waals surface area contributed by atoms with Gasteiger partial charge in [-0.15, -0.1) is 0 Å². The number of phenolic OH excluding ortho intramolecular Hbond substituents is 1. The van der Waals surface area contributed by atoms with Crippen LogP contribution < -0.4 is 0 Å². The Morgan fingerprint density at radius 2 is 1.53 bits per heavy atom. The first-order valence-electron chi connectivity index (χ1n) is 10.5. The zero-order valence-electron chi connectivity index (χ0n) is 18.6. The van der Waals surface area contributed by atoms with Crippen molar-refractivity contribution in [1.29, 1.82) is 0 Å². The normalized spacial score (nSPS) is 21.1. The molecule has 7 heteroatoms. The van der Waals surface area contributed by atoms with E-state index in [-0.39, 0.29) is 40.4 Å². The molecule has 30 heavy (non-hydrogen) atoms. The Kier molecular flexibility index (Phi) is 7.53. The van der Waals surface area contributed by atoms with Gasteiger partial charge in [0, 0.05) is 12.5 Å². The first-order valence-corrected chi connectivity index (χ1v) is 13.4. The second-order valence-corrected chi connectivity index (χ2v) is 14.5. The summed E-state index contributed by atoms with van der Waals surface area (Å²) in [7, 11) is -1.90. The summed E-state index contributed by atoms with van der Waals surface area (Å²) in [5, 5.41) is 29.1. The number of hydrogen-bond acceptors (Lipinski definition) is 4. The molecule has 166 valence electrons. The van der Waals surface area contributed by atoms with E-state index in [4.69, 9.17) is 4.43 Å². The lowest BCUT2D eigenvalue weighted by Crippen LogP contribution is -2.44. The topological polar surface area (TPSA) is 104 Å². The summed E-state index contributed by atoms with van der Waals surface area (Å²) in [6.45, 7) is 11.0. The molecule has 1 aromatic rings. The van der Waals surface area contributed by atoms with Crippen molar-refractivity contribution in [1.82, 2.24) is 0 Å². The van der Waals surface area contributed by atoms with E-state index in [0.717, 1.165) is 12.8 Å². The maximum Gasteiger partial charge on any atom is 0.332 e. The summed E-state index contributed by atoms with van der Waals surface area (Å²) in [5.41, 5.74) is 0.571. The molecule has 1 aromatic carbocycles. The summed E-state index contributed by atoms with van der Waals surface area (Å²) in [6.07, 6.45) is 2.79. The summed E-state index contributed by atoms with van der Waals surface area (Å²) < 4.78 is 6.48. The number of phenols is 1. The number of carbonyl (C=O) groups is 2. The Labute approximate surface area is 179 Å². The average molecular weight is 435 g/mol. The molecular formula is C23H34O6Si. The van der Waals surface area contributed by atoms with Crippen molar-refractivity contribution >= 4 is 20.3 Å². The molecule has 0 bridgehead atoms. The SMILES string of the molecule is CC(C)(C)[Si](C)(C)OC1CCC(C(C(=O)O)=C(Cc2ccc(O)cc2)C(=O)O)CC1.